The smallest absolute Gasteiger partial charge is 0.273 e. The number of hydrogen-bond donors (Lipinski definition) is 2. The third kappa shape index (κ3) is 1.90. The van der Waals surface area contributed by atoms with Gasteiger partial charge in [0.1, 0.15) is 0 Å². The van der Waals surface area contributed by atoms with Gasteiger partial charge in [0.2, 0.25) is 0 Å². The molecule has 1 aromatic rings. The minimum Gasteiger partial charge on any atom is -0.359 e. The summed E-state index contributed by atoms with van der Waals surface area (Å²) in [5, 5.41) is 4.12. The number of aromatic amines is 1. The van der Waals surface area contributed by atoms with Crippen LogP contribution in [0.5, 0.6) is 0 Å². The summed E-state index contributed by atoms with van der Waals surface area (Å²) >= 11 is 0. The Morgan fingerprint density at radius 3 is 2.94 bits per heavy atom. The first-order valence-corrected chi connectivity index (χ1v) is 6.06. The Balaban J connectivity index is 1.90. The zero-order chi connectivity index (χ0) is 11.8. The summed E-state index contributed by atoms with van der Waals surface area (Å²) in [5.41, 5.74) is 6.36. The van der Waals surface area contributed by atoms with E-state index in [-0.39, 0.29) is 5.91 Å². The van der Waals surface area contributed by atoms with Crippen LogP contribution in [0, 0.1) is 5.92 Å². The van der Waals surface area contributed by atoms with E-state index in [4.69, 9.17) is 0 Å². The SMILES string of the molecule is CCc1ccc(C=C2C(=O)NN=C2C2CC2)[nH]1. The lowest BCUT2D eigenvalue weighted by Gasteiger charge is -1.97. The minimum absolute atomic E-state index is 0.0838. The van der Waals surface area contributed by atoms with Crippen LogP contribution in [0.15, 0.2) is 22.8 Å². The zero-order valence-corrected chi connectivity index (χ0v) is 9.79. The first-order chi connectivity index (χ1) is 8.28. The largest absolute Gasteiger partial charge is 0.359 e. The van der Waals surface area contributed by atoms with E-state index in [1.165, 1.54) is 5.69 Å². The Morgan fingerprint density at radius 1 is 1.47 bits per heavy atom. The van der Waals surface area contributed by atoms with Crippen LogP contribution in [0.4, 0.5) is 0 Å². The molecule has 17 heavy (non-hydrogen) atoms. The summed E-state index contributed by atoms with van der Waals surface area (Å²) in [7, 11) is 0. The number of amides is 1. The maximum absolute atomic E-state index is 11.7. The molecule has 2 aliphatic rings. The summed E-state index contributed by atoms with van der Waals surface area (Å²) in [4.78, 5) is 15.0. The van der Waals surface area contributed by atoms with E-state index in [2.05, 4.69) is 22.4 Å². The number of hydrogen-bond acceptors (Lipinski definition) is 2. The molecular formula is C13H15N3O. The first kappa shape index (κ1) is 10.3. The summed E-state index contributed by atoms with van der Waals surface area (Å²) in [6, 6.07) is 4.05. The average molecular weight is 229 g/mol. The van der Waals surface area contributed by atoms with Crippen LogP contribution in [0.25, 0.3) is 6.08 Å². The number of carbonyl (C=O) groups excluding carboxylic acids is 1. The van der Waals surface area contributed by atoms with Crippen LogP contribution >= 0.6 is 0 Å². The highest BCUT2D eigenvalue weighted by Crippen LogP contribution is 2.35. The lowest BCUT2D eigenvalue weighted by molar-refractivity contribution is -0.116. The molecule has 0 aromatic carbocycles. The van der Waals surface area contributed by atoms with Gasteiger partial charge in [-0.15, -0.1) is 0 Å². The number of nitrogens with zero attached hydrogens (tertiary/aromatic N) is 1. The van der Waals surface area contributed by atoms with Crippen LogP contribution in [0.3, 0.4) is 0 Å². The Kier molecular flexibility index (Phi) is 2.35. The van der Waals surface area contributed by atoms with Gasteiger partial charge in [-0.3, -0.25) is 4.79 Å². The molecule has 3 rings (SSSR count). The van der Waals surface area contributed by atoms with Crippen molar-refractivity contribution in [3.05, 3.63) is 29.1 Å². The molecule has 1 aliphatic carbocycles. The highest BCUT2D eigenvalue weighted by Gasteiger charge is 2.35. The van der Waals surface area contributed by atoms with Gasteiger partial charge in [-0.05, 0) is 37.5 Å². The van der Waals surface area contributed by atoms with Gasteiger partial charge in [0.15, 0.2) is 0 Å². The van der Waals surface area contributed by atoms with Gasteiger partial charge < -0.3 is 4.98 Å². The van der Waals surface area contributed by atoms with Crippen molar-refractivity contribution >= 4 is 17.7 Å². The number of carbonyl (C=O) groups is 1. The number of aromatic nitrogens is 1. The zero-order valence-electron chi connectivity index (χ0n) is 9.79. The second-order valence-electron chi connectivity index (χ2n) is 4.56. The van der Waals surface area contributed by atoms with E-state index in [1.54, 1.807) is 0 Å². The predicted octanol–water partition coefficient (Wildman–Crippen LogP) is 1.86. The van der Waals surface area contributed by atoms with Gasteiger partial charge in [0.25, 0.3) is 5.91 Å². The molecule has 0 bridgehead atoms. The monoisotopic (exact) mass is 229 g/mol. The molecule has 0 atom stereocenters. The highest BCUT2D eigenvalue weighted by atomic mass is 16.2. The predicted molar refractivity (Wildman–Crippen MR) is 66.4 cm³/mol. The topological polar surface area (TPSA) is 57.2 Å². The van der Waals surface area contributed by atoms with Crippen molar-refractivity contribution in [2.24, 2.45) is 11.0 Å². The van der Waals surface area contributed by atoms with Crippen molar-refractivity contribution in [3.8, 4) is 0 Å². The van der Waals surface area contributed by atoms with Crippen molar-refractivity contribution in [1.82, 2.24) is 10.4 Å². The van der Waals surface area contributed by atoms with Crippen LogP contribution in [-0.4, -0.2) is 16.6 Å². The second kappa shape index (κ2) is 3.87. The van der Waals surface area contributed by atoms with Crippen LogP contribution in [0.1, 0.15) is 31.2 Å². The number of nitrogens with one attached hydrogen (secondary N) is 2. The fraction of sp³-hybridized carbons (Fsp3) is 0.385. The van der Waals surface area contributed by atoms with Crippen molar-refractivity contribution in [2.75, 3.05) is 0 Å². The molecule has 1 amide bonds. The van der Waals surface area contributed by atoms with Crippen molar-refractivity contribution < 1.29 is 4.79 Å². The third-order valence-electron chi connectivity index (χ3n) is 3.21. The lowest BCUT2D eigenvalue weighted by Crippen LogP contribution is -2.13. The van der Waals surface area contributed by atoms with E-state index in [0.29, 0.717) is 5.92 Å². The Labute approximate surface area is 99.8 Å². The molecule has 1 aromatic heterocycles. The van der Waals surface area contributed by atoms with E-state index in [1.807, 2.05) is 18.2 Å². The van der Waals surface area contributed by atoms with Crippen molar-refractivity contribution in [3.63, 3.8) is 0 Å². The summed E-state index contributed by atoms with van der Waals surface area (Å²) in [5.74, 6) is 0.403. The fourth-order valence-corrected chi connectivity index (χ4v) is 2.06. The molecule has 1 fully saturated rings. The molecule has 4 nitrogen and oxygen atoms in total. The van der Waals surface area contributed by atoms with E-state index in [9.17, 15) is 4.79 Å². The van der Waals surface area contributed by atoms with Gasteiger partial charge in [-0.1, -0.05) is 6.92 Å². The first-order valence-electron chi connectivity index (χ1n) is 6.06. The lowest BCUT2D eigenvalue weighted by atomic mass is 10.1. The third-order valence-corrected chi connectivity index (χ3v) is 3.21. The minimum atomic E-state index is -0.0838. The van der Waals surface area contributed by atoms with Gasteiger partial charge in [0.05, 0.1) is 11.3 Å². The molecule has 0 radical (unpaired) electrons. The van der Waals surface area contributed by atoms with Gasteiger partial charge in [-0.2, -0.15) is 5.10 Å². The summed E-state index contributed by atoms with van der Waals surface area (Å²) in [6.07, 6.45) is 5.17. The Bertz CT molecular complexity index is 521. The number of H-pyrrole nitrogens is 1. The maximum Gasteiger partial charge on any atom is 0.273 e. The molecule has 0 saturated heterocycles. The van der Waals surface area contributed by atoms with Gasteiger partial charge >= 0.3 is 0 Å². The summed E-state index contributed by atoms with van der Waals surface area (Å²) < 4.78 is 0. The number of rotatable bonds is 3. The number of aryl methyl sites for hydroxylation is 1. The maximum atomic E-state index is 11.7. The highest BCUT2D eigenvalue weighted by molar-refractivity contribution is 6.28. The molecule has 4 heteroatoms. The Morgan fingerprint density at radius 2 is 2.29 bits per heavy atom. The molecule has 2 heterocycles. The van der Waals surface area contributed by atoms with E-state index < -0.39 is 0 Å². The number of hydrazone groups is 1. The Hall–Kier alpha value is -1.84. The molecule has 0 spiro atoms. The van der Waals surface area contributed by atoms with Crippen molar-refractivity contribution in [1.29, 1.82) is 0 Å². The quantitative estimate of drug-likeness (QED) is 0.764. The van der Waals surface area contributed by atoms with Gasteiger partial charge in [-0.25, -0.2) is 5.43 Å². The molecule has 2 N–H and O–H groups in total. The molecule has 88 valence electrons. The summed E-state index contributed by atoms with van der Waals surface area (Å²) in [6.45, 7) is 2.10. The van der Waals surface area contributed by atoms with E-state index >= 15 is 0 Å². The fourth-order valence-electron chi connectivity index (χ4n) is 2.06. The molecule has 0 unspecified atom stereocenters. The van der Waals surface area contributed by atoms with Crippen LogP contribution in [-0.2, 0) is 11.2 Å². The van der Waals surface area contributed by atoms with E-state index in [0.717, 1.165) is 36.2 Å². The molecule has 1 aliphatic heterocycles. The second-order valence-corrected chi connectivity index (χ2v) is 4.56. The van der Waals surface area contributed by atoms with Gasteiger partial charge in [0, 0.05) is 17.3 Å². The molecular weight excluding hydrogens is 214 g/mol. The van der Waals surface area contributed by atoms with Crippen molar-refractivity contribution in [2.45, 2.75) is 26.2 Å². The standard InChI is InChI=1S/C13H15N3O/c1-2-9-5-6-10(14-9)7-11-12(8-3-4-8)15-16-13(11)17/h5-8,14H,2-4H2,1H3,(H,16,17). The average Bonchev–Trinajstić information content (AvgIpc) is 2.97. The molecule has 1 saturated carbocycles. The normalized spacial score (nSPS) is 21.8. The van der Waals surface area contributed by atoms with Crippen LogP contribution in [0.2, 0.25) is 0 Å². The van der Waals surface area contributed by atoms with Crippen LogP contribution < -0.4 is 5.43 Å².